The molecule has 0 saturated carbocycles. The maximum atomic E-state index is 9.03. The van der Waals surface area contributed by atoms with Crippen LogP contribution in [0.5, 0.6) is 0 Å². The van der Waals surface area contributed by atoms with Gasteiger partial charge in [-0.15, -0.1) is 0 Å². The van der Waals surface area contributed by atoms with Crippen LogP contribution >= 0.6 is 20.1 Å². The van der Waals surface area contributed by atoms with Gasteiger partial charge in [-0.2, -0.15) is 0 Å². The number of pyridine rings is 2. The Balaban J connectivity index is 0. The van der Waals surface area contributed by atoms with Gasteiger partial charge in [0.1, 0.15) is 0 Å². The summed E-state index contributed by atoms with van der Waals surface area (Å²) in [5, 5.41) is 0. The van der Waals surface area contributed by atoms with Crippen LogP contribution < -0.4 is 9.14 Å². The van der Waals surface area contributed by atoms with Gasteiger partial charge in [-0.25, -0.2) is 4.98 Å². The third kappa shape index (κ3) is 50.8. The Morgan fingerprint density at radius 2 is 1.18 bits per heavy atom. The second-order valence-corrected chi connectivity index (χ2v) is 8.59. The van der Waals surface area contributed by atoms with Crippen molar-refractivity contribution in [1.82, 2.24) is 4.98 Å². The fraction of sp³-hybridized carbons (Fsp3) is 0. The Kier molecular flexibility index (Phi) is 14.5. The molecule has 124 valence electrons. The molecule has 12 heteroatoms. The first-order valence-electron chi connectivity index (χ1n) is 5.08. The molecule has 0 bridgehead atoms. The second kappa shape index (κ2) is 13.7. The average Bonchev–Trinajstić information content (AvgIpc) is 2.40. The van der Waals surface area contributed by atoms with Crippen LogP contribution in [0.3, 0.4) is 0 Å². The van der Waals surface area contributed by atoms with Gasteiger partial charge in [0.05, 0.1) is 0 Å². The van der Waals surface area contributed by atoms with E-state index in [1.165, 1.54) is 0 Å². The zero-order valence-electron chi connectivity index (χ0n) is 10.8. The van der Waals surface area contributed by atoms with Crippen molar-refractivity contribution in [3.05, 3.63) is 61.2 Å². The summed E-state index contributed by atoms with van der Waals surface area (Å²) >= 11 is -9.81. The van der Waals surface area contributed by atoms with Gasteiger partial charge in [0.15, 0.2) is 12.4 Å². The van der Waals surface area contributed by atoms with Crippen molar-refractivity contribution >= 4 is 20.1 Å². The Hall–Kier alpha value is -0.935. The minimum atomic E-state index is -5.03. The summed E-state index contributed by atoms with van der Waals surface area (Å²) in [6.45, 7) is 0. The number of nitrogens with zero attached hydrogens (tertiary/aromatic N) is 1. The van der Waals surface area contributed by atoms with Gasteiger partial charge in [-0.3, -0.25) is 4.98 Å². The topological polar surface area (TPSA) is 139 Å². The predicted molar refractivity (Wildman–Crippen MR) is 63.9 cm³/mol. The fourth-order valence-corrected chi connectivity index (χ4v) is 0.655. The van der Waals surface area contributed by atoms with Gasteiger partial charge < -0.3 is 0 Å². The molecule has 0 aliphatic carbocycles. The standard InChI is InChI=1S/2C5H5N.2ClH.2Cr.H2O.5O/c2*1-2-4-6-5-3-1;;;;;;;;;;/h2*1-5H;2*1H;;;1H2;;;;;/q;;;;+1;+2;;;;;;-1/p-2. The van der Waals surface area contributed by atoms with E-state index in [4.69, 9.17) is 23.5 Å². The Labute approximate surface area is 139 Å². The van der Waals surface area contributed by atoms with Crippen LogP contribution in [-0.4, -0.2) is 9.14 Å². The first-order chi connectivity index (χ1) is 10.0. The SMILES string of the molecule is [O]=[Cr](=[O])([O-])[Cl].[O]=[Cr](=[O])([OH])[Cl].c1cc[nH+]cc1.c1ccncc1. The number of hydrogen-bond acceptors (Lipinski definition) is 6. The monoisotopic (exact) mass is 430 g/mol. The first kappa shape index (κ1) is 23.3. The molecule has 2 aromatic rings. The average molecular weight is 431 g/mol. The van der Waals surface area contributed by atoms with E-state index in [2.05, 4.69) is 30.1 Å². The molecule has 0 saturated heterocycles. The van der Waals surface area contributed by atoms with Gasteiger partial charge in [0, 0.05) is 24.5 Å². The molecule has 0 unspecified atom stereocenters. The maximum Gasteiger partial charge on any atom is 0.166 e. The van der Waals surface area contributed by atoms with Crippen molar-refractivity contribution < 1.29 is 53.2 Å². The summed E-state index contributed by atoms with van der Waals surface area (Å²) in [4.78, 5) is 6.68. The van der Waals surface area contributed by atoms with E-state index in [0.717, 1.165) is 0 Å². The van der Waals surface area contributed by atoms with Crippen molar-refractivity contribution in [3.8, 4) is 0 Å². The van der Waals surface area contributed by atoms with Crippen LogP contribution in [0.15, 0.2) is 61.2 Å². The minimum absolute atomic E-state index is 1.75. The van der Waals surface area contributed by atoms with Crippen molar-refractivity contribution in [1.29, 1.82) is 0 Å². The van der Waals surface area contributed by atoms with Crippen LogP contribution in [0.1, 0.15) is 0 Å². The predicted octanol–water partition coefficient (Wildman–Crippen LogP) is 0.735. The molecular weight excluding hydrogens is 419 g/mol. The molecule has 0 spiro atoms. The molecular formula is C10H12Cl2Cr2N2O6. The summed E-state index contributed by atoms with van der Waals surface area (Å²) in [6, 6.07) is 11.6. The largest absolute Gasteiger partial charge is 0.265 e. The summed E-state index contributed by atoms with van der Waals surface area (Å²) in [5.41, 5.74) is 0. The number of halogens is 2. The number of hydrogen-bond donors (Lipinski definition) is 1. The molecule has 8 nitrogen and oxygen atoms in total. The molecule has 0 radical (unpaired) electrons. The Bertz CT molecular complexity index is 538. The third-order valence-electron chi connectivity index (χ3n) is 1.17. The molecule has 0 aliphatic rings. The van der Waals surface area contributed by atoms with Gasteiger partial charge >= 0.3 is 68.3 Å². The minimum Gasteiger partial charge on any atom is -0.265 e. The number of aromatic amines is 1. The van der Waals surface area contributed by atoms with Crippen LogP contribution in [0.4, 0.5) is 0 Å². The molecule has 0 atom stereocenters. The summed E-state index contributed by atoms with van der Waals surface area (Å²) < 4.78 is 52.1. The molecule has 0 aliphatic heterocycles. The quantitative estimate of drug-likeness (QED) is 0.649. The van der Waals surface area contributed by atoms with E-state index in [1.54, 1.807) is 12.4 Å². The van der Waals surface area contributed by atoms with Gasteiger partial charge in [-0.05, 0) is 12.1 Å². The van der Waals surface area contributed by atoms with Crippen molar-refractivity contribution in [2.24, 2.45) is 0 Å². The maximum absolute atomic E-state index is 9.03. The van der Waals surface area contributed by atoms with E-state index in [0.29, 0.717) is 0 Å². The van der Waals surface area contributed by atoms with Crippen molar-refractivity contribution in [3.63, 3.8) is 0 Å². The van der Waals surface area contributed by atoms with Gasteiger partial charge in [-0.1, -0.05) is 12.1 Å². The number of rotatable bonds is 0. The Morgan fingerprint density at radius 3 is 1.27 bits per heavy atom. The molecule has 22 heavy (non-hydrogen) atoms. The zero-order valence-corrected chi connectivity index (χ0v) is 14.8. The molecule has 0 fully saturated rings. The molecule has 2 rings (SSSR count). The number of H-pyrrole nitrogens is 1. The molecule has 0 amide bonds. The molecule has 2 heterocycles. The molecule has 2 aromatic heterocycles. The number of aromatic nitrogens is 2. The zero-order chi connectivity index (χ0) is 17.5. The van der Waals surface area contributed by atoms with Gasteiger partial charge in [0.25, 0.3) is 0 Å². The second-order valence-electron chi connectivity index (χ2n) is 2.91. The van der Waals surface area contributed by atoms with Crippen molar-refractivity contribution in [2.75, 3.05) is 0 Å². The van der Waals surface area contributed by atoms with Crippen LogP contribution in [0, 0.1) is 0 Å². The smallest absolute Gasteiger partial charge is 0.166 e. The summed E-state index contributed by atoms with van der Waals surface area (Å²) in [5.74, 6) is 0. The summed E-state index contributed by atoms with van der Waals surface area (Å²) in [6.07, 6.45) is 7.25. The third-order valence-corrected chi connectivity index (χ3v) is 1.17. The van der Waals surface area contributed by atoms with Gasteiger partial charge in [0.2, 0.25) is 0 Å². The van der Waals surface area contributed by atoms with Crippen LogP contribution in [-0.2, 0) is 39.9 Å². The van der Waals surface area contributed by atoms with E-state index >= 15 is 0 Å². The molecule has 0 aromatic carbocycles. The van der Waals surface area contributed by atoms with Crippen LogP contribution in [0.25, 0.3) is 0 Å². The molecule has 2 N–H and O–H groups in total. The van der Waals surface area contributed by atoms with E-state index in [1.807, 2.05) is 48.8 Å². The normalized spacial score (nSPS) is 9.64. The Morgan fingerprint density at radius 1 is 0.864 bits per heavy atom. The van der Waals surface area contributed by atoms with Crippen molar-refractivity contribution in [2.45, 2.75) is 0 Å². The van der Waals surface area contributed by atoms with Crippen LogP contribution in [0.2, 0.25) is 0 Å². The fourth-order valence-electron chi connectivity index (χ4n) is 0.655. The summed E-state index contributed by atoms with van der Waals surface area (Å²) in [7, 11) is 8.15. The van der Waals surface area contributed by atoms with E-state index in [-0.39, 0.29) is 0 Å². The van der Waals surface area contributed by atoms with E-state index in [9.17, 15) is 0 Å². The first-order valence-corrected chi connectivity index (χ1v) is 11.8. The number of nitrogens with one attached hydrogen (secondary N) is 1. The van der Waals surface area contributed by atoms with E-state index < -0.39 is 24.7 Å².